The van der Waals surface area contributed by atoms with Gasteiger partial charge in [0.05, 0.1) is 7.11 Å². The van der Waals surface area contributed by atoms with E-state index in [9.17, 15) is 4.79 Å². The van der Waals surface area contributed by atoms with Crippen molar-refractivity contribution in [3.63, 3.8) is 0 Å². The predicted octanol–water partition coefficient (Wildman–Crippen LogP) is 3.98. The number of carbonyl (C=O) groups is 1. The fraction of sp³-hybridized carbons (Fsp3) is 0.250. The summed E-state index contributed by atoms with van der Waals surface area (Å²) in [5.74, 6) is 0.726. The molecule has 0 fully saturated rings. The molecule has 0 saturated heterocycles. The van der Waals surface area contributed by atoms with E-state index in [-0.39, 0.29) is 5.91 Å². The number of likely N-dealkylation sites (N-methyl/N-ethyl adjacent to an activating group) is 1. The Hall–Kier alpha value is -2.55. The number of para-hydroxylation sites is 1. The molecule has 0 aliphatic rings. The molecule has 0 bridgehead atoms. The topological polar surface area (TPSA) is 29.5 Å². The van der Waals surface area contributed by atoms with Crippen molar-refractivity contribution in [1.82, 2.24) is 4.90 Å². The summed E-state index contributed by atoms with van der Waals surface area (Å²) in [6.45, 7) is 4.74. The van der Waals surface area contributed by atoms with Crippen molar-refractivity contribution in [2.75, 3.05) is 14.2 Å². The van der Waals surface area contributed by atoms with Gasteiger partial charge in [-0.1, -0.05) is 42.0 Å². The first-order valence-corrected chi connectivity index (χ1v) is 7.63. The Bertz CT molecular complexity index is 719. The molecule has 0 N–H and O–H groups in total. The largest absolute Gasteiger partial charge is 0.496 e. The molecule has 0 heterocycles. The number of hydrogen-bond acceptors (Lipinski definition) is 2. The standard InChI is InChI=1S/C20H23NO2/c1-15-9-10-18(16(2)13-15)14-21(3)20(22)12-11-17-7-5-6-8-19(17)23-4/h5-13H,14H2,1-4H3/b12-11+. The van der Waals surface area contributed by atoms with Crippen molar-refractivity contribution in [2.24, 2.45) is 0 Å². The summed E-state index contributed by atoms with van der Waals surface area (Å²) >= 11 is 0. The average Bonchev–Trinajstić information content (AvgIpc) is 2.55. The van der Waals surface area contributed by atoms with Gasteiger partial charge in [-0.05, 0) is 37.1 Å². The van der Waals surface area contributed by atoms with Crippen molar-refractivity contribution in [3.05, 3.63) is 70.8 Å². The van der Waals surface area contributed by atoms with Crippen LogP contribution in [0, 0.1) is 13.8 Å². The number of carbonyl (C=O) groups excluding carboxylic acids is 1. The molecule has 0 atom stereocenters. The van der Waals surface area contributed by atoms with Crippen LogP contribution in [0.1, 0.15) is 22.3 Å². The molecular weight excluding hydrogens is 286 g/mol. The van der Waals surface area contributed by atoms with Gasteiger partial charge in [-0.3, -0.25) is 4.79 Å². The third-order valence-electron chi connectivity index (χ3n) is 3.83. The Balaban J connectivity index is 2.06. The molecule has 2 aromatic rings. The number of rotatable bonds is 5. The van der Waals surface area contributed by atoms with Crippen LogP contribution in [0.25, 0.3) is 6.08 Å². The van der Waals surface area contributed by atoms with Gasteiger partial charge in [0.2, 0.25) is 5.91 Å². The van der Waals surface area contributed by atoms with Crippen molar-refractivity contribution in [1.29, 1.82) is 0 Å². The molecule has 0 aliphatic heterocycles. The quantitative estimate of drug-likeness (QED) is 0.782. The fourth-order valence-electron chi connectivity index (χ4n) is 2.45. The number of ether oxygens (including phenoxy) is 1. The van der Waals surface area contributed by atoms with E-state index in [2.05, 4.69) is 32.0 Å². The summed E-state index contributed by atoms with van der Waals surface area (Å²) < 4.78 is 5.28. The highest BCUT2D eigenvalue weighted by Gasteiger charge is 2.08. The van der Waals surface area contributed by atoms with Gasteiger partial charge in [0.1, 0.15) is 5.75 Å². The molecule has 120 valence electrons. The lowest BCUT2D eigenvalue weighted by molar-refractivity contribution is -0.125. The third kappa shape index (κ3) is 4.46. The first-order valence-electron chi connectivity index (χ1n) is 7.63. The number of amides is 1. The Morgan fingerprint density at radius 2 is 1.91 bits per heavy atom. The summed E-state index contributed by atoms with van der Waals surface area (Å²) in [4.78, 5) is 14.0. The molecule has 1 amide bonds. The highest BCUT2D eigenvalue weighted by molar-refractivity contribution is 5.92. The second-order valence-electron chi connectivity index (χ2n) is 5.70. The highest BCUT2D eigenvalue weighted by Crippen LogP contribution is 2.19. The Morgan fingerprint density at radius 1 is 1.17 bits per heavy atom. The molecule has 3 heteroatoms. The van der Waals surface area contributed by atoms with Gasteiger partial charge in [-0.15, -0.1) is 0 Å². The smallest absolute Gasteiger partial charge is 0.246 e. The minimum Gasteiger partial charge on any atom is -0.496 e. The molecule has 0 unspecified atom stereocenters. The lowest BCUT2D eigenvalue weighted by Gasteiger charge is -2.17. The summed E-state index contributed by atoms with van der Waals surface area (Å²) in [6.07, 6.45) is 3.38. The molecule has 2 rings (SSSR count). The van der Waals surface area contributed by atoms with E-state index in [1.54, 1.807) is 24.2 Å². The van der Waals surface area contributed by atoms with Gasteiger partial charge >= 0.3 is 0 Å². The van der Waals surface area contributed by atoms with Crippen LogP contribution in [0.2, 0.25) is 0 Å². The summed E-state index contributed by atoms with van der Waals surface area (Å²) in [7, 11) is 3.44. The Labute approximate surface area is 138 Å². The van der Waals surface area contributed by atoms with E-state index < -0.39 is 0 Å². The number of benzene rings is 2. The van der Waals surface area contributed by atoms with Gasteiger partial charge in [-0.25, -0.2) is 0 Å². The van der Waals surface area contributed by atoms with E-state index in [1.807, 2.05) is 31.3 Å². The monoisotopic (exact) mass is 309 g/mol. The molecule has 2 aromatic carbocycles. The molecule has 0 saturated carbocycles. The maximum absolute atomic E-state index is 12.3. The first kappa shape index (κ1) is 16.8. The maximum Gasteiger partial charge on any atom is 0.246 e. The molecule has 0 aliphatic carbocycles. The average molecular weight is 309 g/mol. The van der Waals surface area contributed by atoms with Gasteiger partial charge in [-0.2, -0.15) is 0 Å². The SMILES string of the molecule is COc1ccccc1/C=C/C(=O)N(C)Cc1ccc(C)cc1C. The third-order valence-corrected chi connectivity index (χ3v) is 3.83. The van der Waals surface area contributed by atoms with Crippen LogP contribution in [0.5, 0.6) is 5.75 Å². The minimum absolute atomic E-state index is 0.0316. The molecule has 3 nitrogen and oxygen atoms in total. The summed E-state index contributed by atoms with van der Waals surface area (Å²) in [5, 5.41) is 0. The van der Waals surface area contributed by atoms with E-state index >= 15 is 0 Å². The molecular formula is C20H23NO2. The van der Waals surface area contributed by atoms with Crippen LogP contribution in [-0.2, 0) is 11.3 Å². The van der Waals surface area contributed by atoms with Crippen molar-refractivity contribution in [3.8, 4) is 5.75 Å². The van der Waals surface area contributed by atoms with Crippen LogP contribution in [0.15, 0.2) is 48.5 Å². The molecule has 0 spiro atoms. The van der Waals surface area contributed by atoms with Crippen molar-refractivity contribution in [2.45, 2.75) is 20.4 Å². The second-order valence-corrected chi connectivity index (χ2v) is 5.70. The van der Waals surface area contributed by atoms with E-state index in [0.29, 0.717) is 6.54 Å². The van der Waals surface area contributed by atoms with Crippen LogP contribution in [0.3, 0.4) is 0 Å². The zero-order chi connectivity index (χ0) is 16.8. The van der Waals surface area contributed by atoms with E-state index in [0.717, 1.165) is 16.9 Å². The van der Waals surface area contributed by atoms with Crippen molar-refractivity contribution >= 4 is 12.0 Å². The zero-order valence-corrected chi connectivity index (χ0v) is 14.2. The fourth-order valence-corrected chi connectivity index (χ4v) is 2.45. The van der Waals surface area contributed by atoms with Crippen molar-refractivity contribution < 1.29 is 9.53 Å². The lowest BCUT2D eigenvalue weighted by atomic mass is 10.1. The summed E-state index contributed by atoms with van der Waals surface area (Å²) in [5.41, 5.74) is 4.50. The highest BCUT2D eigenvalue weighted by atomic mass is 16.5. The minimum atomic E-state index is -0.0316. The van der Waals surface area contributed by atoms with E-state index in [1.165, 1.54) is 11.1 Å². The molecule has 0 radical (unpaired) electrons. The van der Waals surface area contributed by atoms with Crippen LogP contribution in [0.4, 0.5) is 0 Å². The lowest BCUT2D eigenvalue weighted by Crippen LogP contribution is -2.24. The first-order chi connectivity index (χ1) is 11.0. The predicted molar refractivity (Wildman–Crippen MR) is 94.4 cm³/mol. The molecule has 23 heavy (non-hydrogen) atoms. The van der Waals surface area contributed by atoms with Crippen LogP contribution < -0.4 is 4.74 Å². The number of aryl methyl sites for hydroxylation is 2. The summed E-state index contributed by atoms with van der Waals surface area (Å²) in [6, 6.07) is 13.9. The Morgan fingerprint density at radius 3 is 2.61 bits per heavy atom. The maximum atomic E-state index is 12.3. The van der Waals surface area contributed by atoms with Gasteiger partial charge in [0, 0.05) is 25.2 Å². The van der Waals surface area contributed by atoms with Crippen LogP contribution in [-0.4, -0.2) is 25.0 Å². The second kappa shape index (κ2) is 7.63. The van der Waals surface area contributed by atoms with E-state index in [4.69, 9.17) is 4.74 Å². The van der Waals surface area contributed by atoms with Crippen LogP contribution >= 0.6 is 0 Å². The normalized spacial score (nSPS) is 10.8. The zero-order valence-electron chi connectivity index (χ0n) is 14.2. The van der Waals surface area contributed by atoms with Gasteiger partial charge in [0.15, 0.2) is 0 Å². The van der Waals surface area contributed by atoms with Gasteiger partial charge in [0.25, 0.3) is 0 Å². The number of hydrogen-bond donors (Lipinski definition) is 0. The van der Waals surface area contributed by atoms with Gasteiger partial charge < -0.3 is 9.64 Å². The Kier molecular flexibility index (Phi) is 5.58. The number of methoxy groups -OCH3 is 1. The number of nitrogens with zero attached hydrogens (tertiary/aromatic N) is 1. The molecule has 0 aromatic heterocycles.